The Kier molecular flexibility index (Phi) is 5.62. The third-order valence-electron chi connectivity index (χ3n) is 2.11. The van der Waals surface area contributed by atoms with Gasteiger partial charge in [-0.05, 0) is 30.7 Å². The summed E-state index contributed by atoms with van der Waals surface area (Å²) in [6, 6.07) is 0.699. The van der Waals surface area contributed by atoms with Crippen LogP contribution in [0, 0.1) is 11.3 Å². The highest BCUT2D eigenvalue weighted by atomic mass is 14.9. The summed E-state index contributed by atoms with van der Waals surface area (Å²) in [5.41, 5.74) is 0.446. The maximum absolute atomic E-state index is 3.57. The number of nitrogens with one attached hydrogen (secondary N) is 1. The maximum atomic E-state index is 3.57. The Bertz CT molecular complexity index is 122. The van der Waals surface area contributed by atoms with Gasteiger partial charge in [0.1, 0.15) is 0 Å². The van der Waals surface area contributed by atoms with E-state index in [1.807, 2.05) is 0 Å². The van der Waals surface area contributed by atoms with Gasteiger partial charge in [-0.15, -0.1) is 0 Å². The Hall–Kier alpha value is -0.0400. The van der Waals surface area contributed by atoms with Crippen LogP contribution in [0.25, 0.3) is 0 Å². The summed E-state index contributed by atoms with van der Waals surface area (Å²) in [6.07, 6.45) is 2.57. The van der Waals surface area contributed by atoms with Crippen molar-refractivity contribution in [2.75, 3.05) is 6.54 Å². The van der Waals surface area contributed by atoms with E-state index in [2.05, 4.69) is 46.9 Å². The average molecular weight is 185 g/mol. The van der Waals surface area contributed by atoms with Crippen LogP contribution in [0.1, 0.15) is 54.4 Å². The Labute approximate surface area is 84.3 Å². The summed E-state index contributed by atoms with van der Waals surface area (Å²) >= 11 is 0. The van der Waals surface area contributed by atoms with Gasteiger partial charge < -0.3 is 5.32 Å². The molecule has 0 saturated heterocycles. The Morgan fingerprint density at radius 1 is 1.15 bits per heavy atom. The van der Waals surface area contributed by atoms with Crippen molar-refractivity contribution in [2.24, 2.45) is 11.3 Å². The Morgan fingerprint density at radius 3 is 2.00 bits per heavy atom. The molecule has 0 aliphatic rings. The molecular weight excluding hydrogens is 158 g/mol. The van der Waals surface area contributed by atoms with Crippen molar-refractivity contribution in [3.05, 3.63) is 0 Å². The van der Waals surface area contributed by atoms with Crippen molar-refractivity contribution in [1.29, 1.82) is 0 Å². The molecule has 1 heteroatoms. The molecule has 80 valence electrons. The molecule has 1 unspecified atom stereocenters. The Morgan fingerprint density at radius 2 is 1.69 bits per heavy atom. The van der Waals surface area contributed by atoms with Gasteiger partial charge in [0.25, 0.3) is 0 Å². The van der Waals surface area contributed by atoms with Crippen LogP contribution in [0.2, 0.25) is 0 Å². The van der Waals surface area contributed by atoms with E-state index < -0.39 is 0 Å². The zero-order valence-corrected chi connectivity index (χ0v) is 10.3. The summed E-state index contributed by atoms with van der Waals surface area (Å²) in [4.78, 5) is 0. The molecule has 0 bridgehead atoms. The van der Waals surface area contributed by atoms with Gasteiger partial charge in [0, 0.05) is 6.04 Å². The van der Waals surface area contributed by atoms with Gasteiger partial charge in [0.05, 0.1) is 0 Å². The first kappa shape index (κ1) is 13.0. The summed E-state index contributed by atoms with van der Waals surface area (Å²) in [5, 5.41) is 3.57. The van der Waals surface area contributed by atoms with Crippen molar-refractivity contribution in [3.63, 3.8) is 0 Å². The van der Waals surface area contributed by atoms with Crippen LogP contribution in [0.15, 0.2) is 0 Å². The second-order valence-electron chi connectivity index (χ2n) is 5.65. The standard InChI is InChI=1S/C12H27N/c1-7-13-11(8-10(2)3)9-12(4,5)6/h10-11,13H,7-9H2,1-6H3. The highest BCUT2D eigenvalue weighted by Gasteiger charge is 2.18. The second kappa shape index (κ2) is 5.64. The van der Waals surface area contributed by atoms with Gasteiger partial charge in [-0.25, -0.2) is 0 Å². The van der Waals surface area contributed by atoms with E-state index in [4.69, 9.17) is 0 Å². The molecule has 1 nitrogen and oxygen atoms in total. The minimum absolute atomic E-state index is 0.446. The van der Waals surface area contributed by atoms with E-state index in [0.717, 1.165) is 12.5 Å². The minimum Gasteiger partial charge on any atom is -0.314 e. The fourth-order valence-electron chi connectivity index (χ4n) is 1.84. The predicted molar refractivity (Wildman–Crippen MR) is 61.0 cm³/mol. The second-order valence-corrected chi connectivity index (χ2v) is 5.65. The minimum atomic E-state index is 0.446. The molecule has 1 atom stereocenters. The zero-order valence-electron chi connectivity index (χ0n) is 10.3. The fourth-order valence-corrected chi connectivity index (χ4v) is 1.84. The fraction of sp³-hybridized carbons (Fsp3) is 1.00. The molecule has 0 aromatic heterocycles. The molecule has 0 rings (SSSR count). The van der Waals surface area contributed by atoms with E-state index in [9.17, 15) is 0 Å². The van der Waals surface area contributed by atoms with Crippen LogP contribution < -0.4 is 5.32 Å². The lowest BCUT2D eigenvalue weighted by molar-refractivity contribution is 0.284. The van der Waals surface area contributed by atoms with E-state index in [0.29, 0.717) is 11.5 Å². The van der Waals surface area contributed by atoms with Crippen molar-refractivity contribution in [3.8, 4) is 0 Å². The van der Waals surface area contributed by atoms with Crippen LogP contribution in [0.3, 0.4) is 0 Å². The number of hydrogen-bond acceptors (Lipinski definition) is 1. The molecule has 1 N–H and O–H groups in total. The van der Waals surface area contributed by atoms with E-state index >= 15 is 0 Å². The monoisotopic (exact) mass is 185 g/mol. The first-order chi connectivity index (χ1) is 5.85. The predicted octanol–water partition coefficient (Wildman–Crippen LogP) is 3.45. The smallest absolute Gasteiger partial charge is 0.00743 e. The molecule has 0 aromatic rings. The zero-order chi connectivity index (χ0) is 10.5. The molecule has 0 spiro atoms. The van der Waals surface area contributed by atoms with Crippen molar-refractivity contribution >= 4 is 0 Å². The van der Waals surface area contributed by atoms with Crippen LogP contribution in [-0.2, 0) is 0 Å². The topological polar surface area (TPSA) is 12.0 Å². The van der Waals surface area contributed by atoms with E-state index in [1.54, 1.807) is 0 Å². The van der Waals surface area contributed by atoms with E-state index in [1.165, 1.54) is 12.8 Å². The molecule has 13 heavy (non-hydrogen) atoms. The van der Waals surface area contributed by atoms with Crippen LogP contribution in [-0.4, -0.2) is 12.6 Å². The summed E-state index contributed by atoms with van der Waals surface area (Å²) < 4.78 is 0. The third kappa shape index (κ3) is 8.29. The average Bonchev–Trinajstić information content (AvgIpc) is 1.81. The van der Waals surface area contributed by atoms with Gasteiger partial charge in [0.15, 0.2) is 0 Å². The van der Waals surface area contributed by atoms with E-state index in [-0.39, 0.29) is 0 Å². The maximum Gasteiger partial charge on any atom is 0.00743 e. The van der Waals surface area contributed by atoms with Crippen LogP contribution in [0.4, 0.5) is 0 Å². The lowest BCUT2D eigenvalue weighted by Crippen LogP contribution is -2.33. The normalized spacial score (nSPS) is 15.0. The van der Waals surface area contributed by atoms with Crippen molar-refractivity contribution in [2.45, 2.75) is 60.4 Å². The van der Waals surface area contributed by atoms with Crippen molar-refractivity contribution in [1.82, 2.24) is 5.32 Å². The molecule has 0 heterocycles. The summed E-state index contributed by atoms with van der Waals surface area (Å²) in [5.74, 6) is 0.798. The molecular formula is C12H27N. The lowest BCUT2D eigenvalue weighted by atomic mass is 9.85. The summed E-state index contributed by atoms with van der Waals surface area (Å²) in [7, 11) is 0. The first-order valence-electron chi connectivity index (χ1n) is 5.58. The molecule has 0 amide bonds. The molecule has 0 radical (unpaired) electrons. The lowest BCUT2D eigenvalue weighted by Gasteiger charge is -2.27. The highest BCUT2D eigenvalue weighted by molar-refractivity contribution is 4.75. The molecule has 0 fully saturated rings. The molecule has 0 aromatic carbocycles. The van der Waals surface area contributed by atoms with Gasteiger partial charge in [-0.1, -0.05) is 41.5 Å². The Balaban J connectivity index is 3.94. The number of rotatable bonds is 5. The SMILES string of the molecule is CCNC(CC(C)C)CC(C)(C)C. The molecule has 0 aliphatic carbocycles. The molecule has 0 aliphatic heterocycles. The summed E-state index contributed by atoms with van der Waals surface area (Å²) in [6.45, 7) is 14.8. The van der Waals surface area contributed by atoms with Crippen LogP contribution in [0.5, 0.6) is 0 Å². The first-order valence-corrected chi connectivity index (χ1v) is 5.58. The third-order valence-corrected chi connectivity index (χ3v) is 2.11. The van der Waals surface area contributed by atoms with Gasteiger partial charge in [-0.2, -0.15) is 0 Å². The van der Waals surface area contributed by atoms with Crippen molar-refractivity contribution < 1.29 is 0 Å². The van der Waals surface area contributed by atoms with Crippen LogP contribution >= 0.6 is 0 Å². The highest BCUT2D eigenvalue weighted by Crippen LogP contribution is 2.23. The van der Waals surface area contributed by atoms with Gasteiger partial charge in [-0.3, -0.25) is 0 Å². The van der Waals surface area contributed by atoms with Gasteiger partial charge >= 0.3 is 0 Å². The largest absolute Gasteiger partial charge is 0.314 e. The quantitative estimate of drug-likeness (QED) is 0.692. The molecule has 0 saturated carbocycles. The van der Waals surface area contributed by atoms with Gasteiger partial charge in [0.2, 0.25) is 0 Å². The number of hydrogen-bond donors (Lipinski definition) is 1.